The Morgan fingerprint density at radius 2 is 2.15 bits per heavy atom. The Bertz CT molecular complexity index is 543. The van der Waals surface area contributed by atoms with Gasteiger partial charge in [-0.25, -0.2) is 9.37 Å². The van der Waals surface area contributed by atoms with Gasteiger partial charge in [0.1, 0.15) is 11.6 Å². The monoisotopic (exact) mass is 294 g/mol. The summed E-state index contributed by atoms with van der Waals surface area (Å²) in [5, 5.41) is 2.92. The zero-order valence-electron chi connectivity index (χ0n) is 11.1. The predicted molar refractivity (Wildman–Crippen MR) is 75.4 cm³/mol. The van der Waals surface area contributed by atoms with E-state index in [-0.39, 0.29) is 18.3 Å². The normalized spacial score (nSPS) is 10.3. The minimum atomic E-state index is -0.329. The van der Waals surface area contributed by atoms with Crippen LogP contribution in [0.4, 0.5) is 4.39 Å². The third-order valence-electron chi connectivity index (χ3n) is 2.75. The molecule has 0 atom stereocenters. The third-order valence-corrected chi connectivity index (χ3v) is 3.59. The molecule has 0 radical (unpaired) electrons. The highest BCUT2D eigenvalue weighted by molar-refractivity contribution is 7.09. The summed E-state index contributed by atoms with van der Waals surface area (Å²) in [6, 6.07) is 5.59. The van der Waals surface area contributed by atoms with Crippen molar-refractivity contribution in [3.8, 4) is 5.75 Å². The van der Waals surface area contributed by atoms with Crippen molar-refractivity contribution in [2.24, 2.45) is 0 Å². The number of carbonyl (C=O) groups excluding carboxylic acids is 1. The quantitative estimate of drug-likeness (QED) is 0.821. The van der Waals surface area contributed by atoms with Crippen LogP contribution in [0.25, 0.3) is 0 Å². The second kappa shape index (κ2) is 7.00. The Hall–Kier alpha value is -1.95. The molecule has 4 nitrogen and oxygen atoms in total. The molecule has 2 rings (SSSR count). The molecular weight excluding hydrogens is 279 g/mol. The molecule has 106 valence electrons. The second-order valence-corrected chi connectivity index (χ2v) is 5.21. The summed E-state index contributed by atoms with van der Waals surface area (Å²) in [6.45, 7) is 0.541. The molecule has 1 heterocycles. The first-order chi connectivity index (χ1) is 9.65. The van der Waals surface area contributed by atoms with Gasteiger partial charge in [-0.2, -0.15) is 0 Å². The highest BCUT2D eigenvalue weighted by Crippen LogP contribution is 2.11. The summed E-state index contributed by atoms with van der Waals surface area (Å²) in [6.07, 6.45) is 2.48. The van der Waals surface area contributed by atoms with Crippen molar-refractivity contribution in [3.05, 3.63) is 46.7 Å². The number of carbonyl (C=O) groups is 1. The van der Waals surface area contributed by atoms with Gasteiger partial charge in [-0.3, -0.25) is 4.79 Å². The molecule has 2 aromatic rings. The van der Waals surface area contributed by atoms with Gasteiger partial charge < -0.3 is 9.64 Å². The van der Waals surface area contributed by atoms with Crippen LogP contribution in [0.3, 0.4) is 0 Å². The first kappa shape index (κ1) is 14.5. The highest BCUT2D eigenvalue weighted by atomic mass is 32.1. The van der Waals surface area contributed by atoms with Crippen LogP contribution >= 0.6 is 11.3 Å². The number of ether oxygens (including phenoxy) is 1. The molecule has 0 bridgehead atoms. The van der Waals surface area contributed by atoms with E-state index in [2.05, 4.69) is 4.98 Å². The average molecular weight is 294 g/mol. The molecule has 1 aromatic carbocycles. The molecule has 0 unspecified atom stereocenters. The zero-order chi connectivity index (χ0) is 14.4. The lowest BCUT2D eigenvalue weighted by atomic mass is 10.3. The van der Waals surface area contributed by atoms with Crippen molar-refractivity contribution in [3.63, 3.8) is 0 Å². The van der Waals surface area contributed by atoms with Crippen molar-refractivity contribution in [2.75, 3.05) is 20.2 Å². The van der Waals surface area contributed by atoms with Gasteiger partial charge in [-0.15, -0.1) is 11.3 Å². The summed E-state index contributed by atoms with van der Waals surface area (Å²) in [5.41, 5.74) is 0. The van der Waals surface area contributed by atoms with Crippen molar-refractivity contribution < 1.29 is 13.9 Å². The Labute approximate surface area is 120 Å². The lowest BCUT2D eigenvalue weighted by Gasteiger charge is -2.16. The summed E-state index contributed by atoms with van der Waals surface area (Å²) in [7, 11) is 1.73. The van der Waals surface area contributed by atoms with Gasteiger partial charge in [0.05, 0.1) is 5.01 Å². The Morgan fingerprint density at radius 3 is 2.80 bits per heavy atom. The number of amides is 1. The molecule has 0 N–H and O–H groups in total. The molecule has 1 aromatic heterocycles. The number of likely N-dealkylation sites (N-methyl/N-ethyl adjacent to an activating group) is 1. The van der Waals surface area contributed by atoms with E-state index >= 15 is 0 Å². The predicted octanol–water partition coefficient (Wildman–Crippen LogP) is 2.36. The van der Waals surface area contributed by atoms with Crippen LogP contribution in [-0.2, 0) is 11.2 Å². The fourth-order valence-electron chi connectivity index (χ4n) is 1.55. The zero-order valence-corrected chi connectivity index (χ0v) is 11.9. The van der Waals surface area contributed by atoms with Crippen molar-refractivity contribution in [1.82, 2.24) is 9.88 Å². The fourth-order valence-corrected chi connectivity index (χ4v) is 2.16. The topological polar surface area (TPSA) is 42.4 Å². The third kappa shape index (κ3) is 4.31. The van der Waals surface area contributed by atoms with E-state index in [0.29, 0.717) is 12.3 Å². The van der Waals surface area contributed by atoms with Gasteiger partial charge in [-0.1, -0.05) is 0 Å². The van der Waals surface area contributed by atoms with Crippen LogP contribution in [0, 0.1) is 5.82 Å². The number of aromatic nitrogens is 1. The van der Waals surface area contributed by atoms with E-state index in [4.69, 9.17) is 4.74 Å². The van der Waals surface area contributed by atoms with Crippen molar-refractivity contribution in [2.45, 2.75) is 6.42 Å². The maximum atomic E-state index is 12.7. The Balaban J connectivity index is 1.74. The average Bonchev–Trinajstić information content (AvgIpc) is 2.97. The fraction of sp³-hybridized carbons (Fsp3) is 0.286. The standard InChI is InChI=1S/C14H15FN2O2S/c1-17(8-6-13-16-7-9-20-13)14(18)10-19-12-4-2-11(15)3-5-12/h2-5,7,9H,6,8,10H2,1H3. The summed E-state index contributed by atoms with van der Waals surface area (Å²) < 4.78 is 18.0. The van der Waals surface area contributed by atoms with Crippen LogP contribution in [0.5, 0.6) is 5.75 Å². The summed E-state index contributed by atoms with van der Waals surface area (Å²) in [5.74, 6) is 0.0307. The maximum absolute atomic E-state index is 12.7. The van der Waals surface area contributed by atoms with E-state index in [1.807, 2.05) is 5.38 Å². The molecule has 0 saturated carbocycles. The number of rotatable bonds is 6. The van der Waals surface area contributed by atoms with Crippen LogP contribution in [-0.4, -0.2) is 36.0 Å². The van der Waals surface area contributed by atoms with E-state index < -0.39 is 0 Å². The van der Waals surface area contributed by atoms with Gasteiger partial charge in [0, 0.05) is 31.6 Å². The van der Waals surface area contributed by atoms with E-state index in [9.17, 15) is 9.18 Å². The molecule has 0 aliphatic heterocycles. The van der Waals surface area contributed by atoms with Crippen molar-refractivity contribution >= 4 is 17.2 Å². The molecular formula is C14H15FN2O2S. The highest BCUT2D eigenvalue weighted by Gasteiger charge is 2.10. The largest absolute Gasteiger partial charge is 0.484 e. The minimum Gasteiger partial charge on any atom is -0.484 e. The van der Waals surface area contributed by atoms with E-state index in [1.165, 1.54) is 24.3 Å². The lowest BCUT2D eigenvalue weighted by Crippen LogP contribution is -2.33. The van der Waals surface area contributed by atoms with E-state index in [0.717, 1.165) is 11.4 Å². The second-order valence-electron chi connectivity index (χ2n) is 4.23. The molecule has 6 heteroatoms. The van der Waals surface area contributed by atoms with Gasteiger partial charge in [0.15, 0.2) is 6.61 Å². The number of hydrogen-bond acceptors (Lipinski definition) is 4. The Kier molecular flexibility index (Phi) is 5.06. The number of halogens is 1. The first-order valence-electron chi connectivity index (χ1n) is 6.16. The minimum absolute atomic E-state index is 0.0556. The molecule has 20 heavy (non-hydrogen) atoms. The molecule has 0 aliphatic rings. The number of thiazole rings is 1. The number of hydrogen-bond donors (Lipinski definition) is 0. The van der Waals surface area contributed by atoms with Crippen LogP contribution in [0.2, 0.25) is 0 Å². The molecule has 1 amide bonds. The van der Waals surface area contributed by atoms with Crippen LogP contribution < -0.4 is 4.74 Å². The molecule has 0 aliphatic carbocycles. The summed E-state index contributed by atoms with van der Waals surface area (Å²) >= 11 is 1.57. The van der Waals surface area contributed by atoms with Gasteiger partial charge >= 0.3 is 0 Å². The van der Waals surface area contributed by atoms with Gasteiger partial charge in [0.2, 0.25) is 0 Å². The number of nitrogens with zero attached hydrogens (tertiary/aromatic N) is 2. The summed E-state index contributed by atoms with van der Waals surface area (Å²) in [4.78, 5) is 17.6. The molecule has 0 fully saturated rings. The smallest absolute Gasteiger partial charge is 0.260 e. The maximum Gasteiger partial charge on any atom is 0.260 e. The van der Waals surface area contributed by atoms with E-state index in [1.54, 1.807) is 29.5 Å². The molecule has 0 saturated heterocycles. The Morgan fingerprint density at radius 1 is 1.40 bits per heavy atom. The number of benzene rings is 1. The lowest BCUT2D eigenvalue weighted by molar-refractivity contribution is -0.132. The molecule has 0 spiro atoms. The first-order valence-corrected chi connectivity index (χ1v) is 7.04. The van der Waals surface area contributed by atoms with Crippen molar-refractivity contribution in [1.29, 1.82) is 0 Å². The van der Waals surface area contributed by atoms with Crippen LogP contribution in [0.15, 0.2) is 35.8 Å². The SMILES string of the molecule is CN(CCc1nccs1)C(=O)COc1ccc(F)cc1. The van der Waals surface area contributed by atoms with Crippen LogP contribution in [0.1, 0.15) is 5.01 Å². The van der Waals surface area contributed by atoms with Gasteiger partial charge in [0.25, 0.3) is 5.91 Å². The van der Waals surface area contributed by atoms with Gasteiger partial charge in [-0.05, 0) is 24.3 Å².